The van der Waals surface area contributed by atoms with Crippen molar-refractivity contribution < 1.29 is 13.4 Å². The molecule has 0 heterocycles. The van der Waals surface area contributed by atoms with Crippen LogP contribution in [0.5, 0.6) is 0 Å². The van der Waals surface area contributed by atoms with Gasteiger partial charge in [-0.25, -0.2) is 4.39 Å². The van der Waals surface area contributed by atoms with Crippen LogP contribution in [-0.4, -0.2) is 15.9 Å². The molecule has 0 saturated carbocycles. The molecular formula is C14H11ClFNO2S. The quantitative estimate of drug-likeness (QED) is 0.942. The fraction of sp³-hybridized carbons (Fsp3) is 0.0714. The molecule has 0 aliphatic rings. The van der Waals surface area contributed by atoms with Crippen LogP contribution in [0.25, 0.3) is 0 Å². The standard InChI is InChI=1S/C14H11ClFNO2S/c15-10-2-1-3-12(8-10)17-14(18)9-20(19)13-6-4-11(16)5-7-13/h1-8H,9H2,(H,17,18). The summed E-state index contributed by atoms with van der Waals surface area (Å²) in [4.78, 5) is 12.2. The third kappa shape index (κ3) is 4.15. The molecule has 20 heavy (non-hydrogen) atoms. The van der Waals surface area contributed by atoms with Crippen molar-refractivity contribution in [3.63, 3.8) is 0 Å². The number of anilines is 1. The second-order valence-corrected chi connectivity index (χ2v) is 5.89. The van der Waals surface area contributed by atoms with Crippen LogP contribution in [0.1, 0.15) is 0 Å². The van der Waals surface area contributed by atoms with Crippen molar-refractivity contribution >= 4 is 34.0 Å². The summed E-state index contributed by atoms with van der Waals surface area (Å²) < 4.78 is 24.7. The van der Waals surface area contributed by atoms with Gasteiger partial charge in [0.05, 0.1) is 10.8 Å². The van der Waals surface area contributed by atoms with E-state index < -0.39 is 22.5 Å². The highest BCUT2D eigenvalue weighted by atomic mass is 35.5. The fourth-order valence-electron chi connectivity index (χ4n) is 1.55. The van der Waals surface area contributed by atoms with Crippen LogP contribution in [0, 0.1) is 5.82 Å². The minimum Gasteiger partial charge on any atom is -0.325 e. The van der Waals surface area contributed by atoms with Crippen LogP contribution >= 0.6 is 11.6 Å². The lowest BCUT2D eigenvalue weighted by atomic mass is 10.3. The Morgan fingerprint density at radius 3 is 2.55 bits per heavy atom. The summed E-state index contributed by atoms with van der Waals surface area (Å²) in [5.74, 6) is -0.998. The molecule has 1 atom stereocenters. The number of halogens is 2. The van der Waals surface area contributed by atoms with Gasteiger partial charge < -0.3 is 5.32 Å². The first-order valence-electron chi connectivity index (χ1n) is 5.74. The van der Waals surface area contributed by atoms with Crippen molar-refractivity contribution in [2.24, 2.45) is 0 Å². The summed E-state index contributed by atoms with van der Waals surface area (Å²) in [6.45, 7) is 0. The average Bonchev–Trinajstić information content (AvgIpc) is 2.39. The highest BCUT2D eigenvalue weighted by Crippen LogP contribution is 2.15. The Morgan fingerprint density at radius 2 is 1.90 bits per heavy atom. The van der Waals surface area contributed by atoms with Crippen molar-refractivity contribution in [2.45, 2.75) is 4.90 Å². The number of carbonyl (C=O) groups excluding carboxylic acids is 1. The van der Waals surface area contributed by atoms with Gasteiger partial charge >= 0.3 is 0 Å². The Bertz CT molecular complexity index is 646. The highest BCUT2D eigenvalue weighted by Gasteiger charge is 2.10. The van der Waals surface area contributed by atoms with Gasteiger partial charge in [-0.15, -0.1) is 0 Å². The van der Waals surface area contributed by atoms with Crippen LogP contribution in [0.15, 0.2) is 53.4 Å². The number of benzene rings is 2. The maximum atomic E-state index is 12.7. The monoisotopic (exact) mass is 311 g/mol. The van der Waals surface area contributed by atoms with Crippen molar-refractivity contribution in [3.8, 4) is 0 Å². The van der Waals surface area contributed by atoms with E-state index in [1.54, 1.807) is 24.3 Å². The predicted molar refractivity (Wildman–Crippen MR) is 77.8 cm³/mol. The Balaban J connectivity index is 1.97. The van der Waals surface area contributed by atoms with E-state index in [9.17, 15) is 13.4 Å². The number of hydrogen-bond donors (Lipinski definition) is 1. The molecule has 6 heteroatoms. The van der Waals surface area contributed by atoms with Gasteiger partial charge in [0, 0.05) is 15.6 Å². The number of hydrogen-bond acceptors (Lipinski definition) is 2. The van der Waals surface area contributed by atoms with E-state index in [2.05, 4.69) is 5.32 Å². The summed E-state index contributed by atoms with van der Waals surface area (Å²) >= 11 is 5.80. The molecule has 0 aromatic heterocycles. The van der Waals surface area contributed by atoms with Crippen LogP contribution in [0.2, 0.25) is 5.02 Å². The lowest BCUT2D eigenvalue weighted by molar-refractivity contribution is -0.113. The molecule has 3 nitrogen and oxygen atoms in total. The molecule has 0 saturated heterocycles. The summed E-state index contributed by atoms with van der Waals surface area (Å²) in [6, 6.07) is 11.9. The van der Waals surface area contributed by atoms with E-state index >= 15 is 0 Å². The molecule has 1 amide bonds. The maximum Gasteiger partial charge on any atom is 0.237 e. The molecule has 2 aromatic carbocycles. The molecule has 0 radical (unpaired) electrons. The van der Waals surface area contributed by atoms with Gasteiger partial charge in [-0.2, -0.15) is 0 Å². The largest absolute Gasteiger partial charge is 0.325 e. The van der Waals surface area contributed by atoms with E-state index in [0.717, 1.165) is 0 Å². The SMILES string of the molecule is O=C(CS(=O)c1ccc(F)cc1)Nc1cccc(Cl)c1. The molecule has 2 aromatic rings. The maximum absolute atomic E-state index is 12.7. The summed E-state index contributed by atoms with van der Waals surface area (Å²) in [5.41, 5.74) is 0.540. The van der Waals surface area contributed by atoms with Crippen LogP contribution in [0.3, 0.4) is 0 Å². The first-order valence-corrected chi connectivity index (χ1v) is 7.43. The Hall–Kier alpha value is -1.72. The van der Waals surface area contributed by atoms with Gasteiger partial charge in [-0.1, -0.05) is 17.7 Å². The van der Waals surface area contributed by atoms with E-state index in [-0.39, 0.29) is 5.75 Å². The van der Waals surface area contributed by atoms with Crippen molar-refractivity contribution in [3.05, 3.63) is 59.4 Å². The number of nitrogens with one attached hydrogen (secondary N) is 1. The van der Waals surface area contributed by atoms with E-state index in [1.165, 1.54) is 24.3 Å². The molecule has 1 N–H and O–H groups in total. The molecular weight excluding hydrogens is 301 g/mol. The molecule has 1 unspecified atom stereocenters. The molecule has 0 spiro atoms. The van der Waals surface area contributed by atoms with Crippen molar-refractivity contribution in [1.29, 1.82) is 0 Å². The van der Waals surface area contributed by atoms with Gasteiger partial charge in [0.15, 0.2) is 0 Å². The Morgan fingerprint density at radius 1 is 1.20 bits per heavy atom. The molecule has 2 rings (SSSR count). The molecule has 104 valence electrons. The lowest BCUT2D eigenvalue weighted by Crippen LogP contribution is -2.19. The third-order valence-electron chi connectivity index (χ3n) is 2.45. The second kappa shape index (κ2) is 6.63. The zero-order valence-corrected chi connectivity index (χ0v) is 11.9. The zero-order valence-electron chi connectivity index (χ0n) is 10.3. The van der Waals surface area contributed by atoms with E-state index in [0.29, 0.717) is 15.6 Å². The molecule has 0 aliphatic heterocycles. The van der Waals surface area contributed by atoms with Crippen LogP contribution in [-0.2, 0) is 15.6 Å². The van der Waals surface area contributed by atoms with Crippen molar-refractivity contribution in [1.82, 2.24) is 0 Å². The van der Waals surface area contributed by atoms with Crippen LogP contribution < -0.4 is 5.32 Å². The van der Waals surface area contributed by atoms with Gasteiger partial charge in [0.1, 0.15) is 11.6 Å². The lowest BCUT2D eigenvalue weighted by Gasteiger charge is -2.05. The fourth-order valence-corrected chi connectivity index (χ4v) is 2.66. The highest BCUT2D eigenvalue weighted by molar-refractivity contribution is 7.85. The third-order valence-corrected chi connectivity index (χ3v) is 4.00. The van der Waals surface area contributed by atoms with Gasteiger partial charge in [0.25, 0.3) is 0 Å². The molecule has 0 aliphatic carbocycles. The van der Waals surface area contributed by atoms with E-state index in [4.69, 9.17) is 11.6 Å². The van der Waals surface area contributed by atoms with Crippen molar-refractivity contribution in [2.75, 3.05) is 11.1 Å². The molecule has 0 fully saturated rings. The number of rotatable bonds is 4. The average molecular weight is 312 g/mol. The zero-order chi connectivity index (χ0) is 14.5. The predicted octanol–water partition coefficient (Wildman–Crippen LogP) is 3.23. The smallest absolute Gasteiger partial charge is 0.237 e. The first-order chi connectivity index (χ1) is 9.54. The van der Waals surface area contributed by atoms with Gasteiger partial charge in [-0.05, 0) is 42.5 Å². The summed E-state index contributed by atoms with van der Waals surface area (Å²) in [6.07, 6.45) is 0. The minimum atomic E-state index is -1.51. The normalized spacial score (nSPS) is 11.9. The van der Waals surface area contributed by atoms with E-state index in [1.807, 2.05) is 0 Å². The second-order valence-electron chi connectivity index (χ2n) is 4.00. The molecule has 0 bridgehead atoms. The number of amides is 1. The topological polar surface area (TPSA) is 46.2 Å². The van der Waals surface area contributed by atoms with Crippen LogP contribution in [0.4, 0.5) is 10.1 Å². The number of carbonyl (C=O) groups is 1. The van der Waals surface area contributed by atoms with Gasteiger partial charge in [0.2, 0.25) is 5.91 Å². The summed E-state index contributed by atoms with van der Waals surface area (Å²) in [7, 11) is -1.51. The summed E-state index contributed by atoms with van der Waals surface area (Å²) in [5, 5.41) is 3.11. The Labute approximate surface area is 123 Å². The van der Waals surface area contributed by atoms with Gasteiger partial charge in [-0.3, -0.25) is 9.00 Å². The minimum absolute atomic E-state index is 0.196. The Kier molecular flexibility index (Phi) is 4.87. The first kappa shape index (κ1) is 14.7.